The van der Waals surface area contributed by atoms with Crippen molar-refractivity contribution < 1.29 is 9.26 Å². The maximum Gasteiger partial charge on any atom is 0.213 e. The number of ether oxygens (including phenoxy) is 1. The first-order chi connectivity index (χ1) is 8.86. The van der Waals surface area contributed by atoms with Crippen LogP contribution in [0.1, 0.15) is 12.7 Å². The lowest BCUT2D eigenvalue weighted by Gasteiger charge is -2.04. The van der Waals surface area contributed by atoms with E-state index in [9.17, 15) is 0 Å². The molecule has 5 nitrogen and oxygen atoms in total. The molecule has 0 amide bonds. The fraction of sp³-hybridized carbons (Fsp3) is 0.231. The lowest BCUT2D eigenvalue weighted by molar-refractivity contribution is 0.340. The van der Waals surface area contributed by atoms with Crippen LogP contribution in [0, 0.1) is 0 Å². The van der Waals surface area contributed by atoms with E-state index in [1.807, 2.05) is 31.3 Å². The molecule has 0 spiro atoms. The number of hydrogen-bond acceptors (Lipinski definition) is 4. The Morgan fingerprint density at radius 3 is 3.06 bits per heavy atom. The fourth-order valence-electron chi connectivity index (χ4n) is 1.99. The van der Waals surface area contributed by atoms with Crippen LogP contribution >= 0.6 is 0 Å². The summed E-state index contributed by atoms with van der Waals surface area (Å²) in [6, 6.07) is 8.10. The molecule has 2 aromatic heterocycles. The third kappa shape index (κ3) is 1.95. The first-order valence-corrected chi connectivity index (χ1v) is 5.84. The average Bonchev–Trinajstić information content (AvgIpc) is 3.00. The third-order valence-corrected chi connectivity index (χ3v) is 2.77. The highest BCUT2D eigenvalue weighted by atomic mass is 16.5. The van der Waals surface area contributed by atoms with Gasteiger partial charge in [0.25, 0.3) is 0 Å². The molecule has 2 heterocycles. The van der Waals surface area contributed by atoms with Crippen molar-refractivity contribution in [3.05, 3.63) is 42.7 Å². The molecule has 1 aromatic carbocycles. The minimum Gasteiger partial charge on any atom is -0.494 e. The Balaban J connectivity index is 1.94. The molecule has 0 radical (unpaired) electrons. The summed E-state index contributed by atoms with van der Waals surface area (Å²) in [4.78, 5) is 4.02. The topological polar surface area (TPSA) is 53.1 Å². The van der Waals surface area contributed by atoms with Crippen LogP contribution in [0.2, 0.25) is 0 Å². The normalized spacial score (nSPS) is 10.9. The average molecular weight is 243 g/mol. The lowest BCUT2D eigenvalue weighted by atomic mass is 10.2. The predicted octanol–water partition coefficient (Wildman–Crippen LogP) is 2.47. The van der Waals surface area contributed by atoms with Crippen LogP contribution in [0.3, 0.4) is 0 Å². The van der Waals surface area contributed by atoms with E-state index in [0.717, 1.165) is 16.7 Å². The van der Waals surface area contributed by atoms with E-state index in [2.05, 4.69) is 20.8 Å². The van der Waals surface area contributed by atoms with Crippen LogP contribution in [0.15, 0.2) is 41.4 Å². The van der Waals surface area contributed by atoms with Crippen LogP contribution in [0.25, 0.3) is 10.9 Å². The highest BCUT2D eigenvalue weighted by molar-refractivity contribution is 5.81. The fourth-order valence-corrected chi connectivity index (χ4v) is 1.99. The monoisotopic (exact) mass is 243 g/mol. The largest absolute Gasteiger partial charge is 0.494 e. The van der Waals surface area contributed by atoms with Gasteiger partial charge >= 0.3 is 0 Å². The molecular formula is C13H13N3O2. The summed E-state index contributed by atoms with van der Waals surface area (Å²) in [5.41, 5.74) is 1.13. The zero-order chi connectivity index (χ0) is 12.4. The van der Waals surface area contributed by atoms with E-state index in [-0.39, 0.29) is 0 Å². The molecule has 0 saturated heterocycles. The van der Waals surface area contributed by atoms with Gasteiger partial charge in [0.1, 0.15) is 5.75 Å². The van der Waals surface area contributed by atoms with Crippen molar-refractivity contribution in [3.8, 4) is 5.75 Å². The minimum atomic E-state index is 0.605. The molecule has 0 fully saturated rings. The van der Waals surface area contributed by atoms with Gasteiger partial charge in [0.05, 0.1) is 13.2 Å². The van der Waals surface area contributed by atoms with Crippen molar-refractivity contribution >= 4 is 10.9 Å². The maximum absolute atomic E-state index is 5.48. The van der Waals surface area contributed by atoms with Crippen molar-refractivity contribution in [3.63, 3.8) is 0 Å². The smallest absolute Gasteiger partial charge is 0.213 e. The molecule has 5 heteroatoms. The van der Waals surface area contributed by atoms with Gasteiger partial charge in [-0.25, -0.2) is 0 Å². The van der Waals surface area contributed by atoms with Gasteiger partial charge in [0.15, 0.2) is 5.82 Å². The first kappa shape index (κ1) is 10.8. The van der Waals surface area contributed by atoms with Gasteiger partial charge in [-0.3, -0.25) is 0 Å². The van der Waals surface area contributed by atoms with E-state index in [1.54, 1.807) is 0 Å². The molecule has 0 aliphatic rings. The summed E-state index contributed by atoms with van der Waals surface area (Å²) in [5.74, 6) is 1.56. The molecule has 3 rings (SSSR count). The predicted molar refractivity (Wildman–Crippen MR) is 66.5 cm³/mol. The Morgan fingerprint density at radius 2 is 2.28 bits per heavy atom. The minimum absolute atomic E-state index is 0.605. The van der Waals surface area contributed by atoms with Gasteiger partial charge in [-0.1, -0.05) is 5.16 Å². The second-order valence-corrected chi connectivity index (χ2v) is 3.94. The Morgan fingerprint density at radius 1 is 1.33 bits per heavy atom. The van der Waals surface area contributed by atoms with Crippen molar-refractivity contribution in [1.82, 2.24) is 14.7 Å². The molecular weight excluding hydrogens is 230 g/mol. The van der Waals surface area contributed by atoms with E-state index in [0.29, 0.717) is 19.0 Å². The van der Waals surface area contributed by atoms with Crippen molar-refractivity contribution in [2.45, 2.75) is 13.5 Å². The quantitative estimate of drug-likeness (QED) is 0.706. The molecule has 0 saturated carbocycles. The number of rotatable bonds is 4. The highest BCUT2D eigenvalue weighted by Crippen LogP contribution is 2.22. The van der Waals surface area contributed by atoms with Crippen molar-refractivity contribution in [1.29, 1.82) is 0 Å². The summed E-state index contributed by atoms with van der Waals surface area (Å²) in [6.07, 6.45) is 3.35. The Labute approximate surface area is 104 Å². The number of hydrogen-bond donors (Lipinski definition) is 0. The Hall–Kier alpha value is -2.30. The van der Waals surface area contributed by atoms with Crippen molar-refractivity contribution in [2.24, 2.45) is 0 Å². The zero-order valence-electron chi connectivity index (χ0n) is 10.0. The molecule has 0 atom stereocenters. The molecule has 0 aliphatic carbocycles. The van der Waals surface area contributed by atoms with Crippen LogP contribution < -0.4 is 4.74 Å². The summed E-state index contributed by atoms with van der Waals surface area (Å²) in [5, 5.41) is 4.96. The summed E-state index contributed by atoms with van der Waals surface area (Å²) < 4.78 is 12.3. The van der Waals surface area contributed by atoms with Crippen LogP contribution in [0.5, 0.6) is 5.75 Å². The number of fused-ring (bicyclic) bond motifs is 1. The second-order valence-electron chi connectivity index (χ2n) is 3.94. The standard InChI is InChI=1S/C13H13N3O2/c1-2-17-11-3-4-12-10(7-11)5-6-16(12)8-13-14-9-18-15-13/h3-7,9H,2,8H2,1H3. The van der Waals surface area contributed by atoms with E-state index in [1.165, 1.54) is 6.39 Å². The van der Waals surface area contributed by atoms with Crippen molar-refractivity contribution in [2.75, 3.05) is 6.61 Å². The SMILES string of the molecule is CCOc1ccc2c(ccn2Cc2ncon2)c1. The molecule has 3 aromatic rings. The molecule has 0 N–H and O–H groups in total. The highest BCUT2D eigenvalue weighted by Gasteiger charge is 2.05. The molecule has 92 valence electrons. The molecule has 0 aliphatic heterocycles. The molecule has 18 heavy (non-hydrogen) atoms. The maximum atomic E-state index is 5.48. The van der Waals surface area contributed by atoms with E-state index >= 15 is 0 Å². The van der Waals surface area contributed by atoms with Gasteiger partial charge < -0.3 is 13.8 Å². The molecule has 0 unspecified atom stereocenters. The number of nitrogens with zero attached hydrogens (tertiary/aromatic N) is 3. The van der Waals surface area contributed by atoms with Crippen LogP contribution in [0.4, 0.5) is 0 Å². The number of benzene rings is 1. The van der Waals surface area contributed by atoms with Crippen LogP contribution in [-0.2, 0) is 6.54 Å². The summed E-state index contributed by atoms with van der Waals surface area (Å²) in [6.45, 7) is 3.26. The van der Waals surface area contributed by atoms with Gasteiger partial charge in [0.2, 0.25) is 6.39 Å². The van der Waals surface area contributed by atoms with E-state index in [4.69, 9.17) is 9.26 Å². The van der Waals surface area contributed by atoms with E-state index < -0.39 is 0 Å². The van der Waals surface area contributed by atoms with Gasteiger partial charge in [0, 0.05) is 17.1 Å². The Bertz CT molecular complexity index is 643. The summed E-state index contributed by atoms with van der Waals surface area (Å²) >= 11 is 0. The van der Waals surface area contributed by atoms with Gasteiger partial charge in [-0.2, -0.15) is 4.98 Å². The Kier molecular flexibility index (Phi) is 2.72. The van der Waals surface area contributed by atoms with Crippen LogP contribution in [-0.4, -0.2) is 21.3 Å². The lowest BCUT2D eigenvalue weighted by Crippen LogP contribution is -1.99. The third-order valence-electron chi connectivity index (χ3n) is 2.77. The second kappa shape index (κ2) is 4.52. The zero-order valence-corrected chi connectivity index (χ0v) is 10.0. The summed E-state index contributed by atoms with van der Waals surface area (Å²) in [7, 11) is 0. The first-order valence-electron chi connectivity index (χ1n) is 5.84. The molecule has 0 bridgehead atoms. The van der Waals surface area contributed by atoms with Gasteiger partial charge in [-0.05, 0) is 31.2 Å². The number of aromatic nitrogens is 3. The van der Waals surface area contributed by atoms with Gasteiger partial charge in [-0.15, -0.1) is 0 Å².